The highest BCUT2D eigenvalue weighted by atomic mass is 19.1. The molecule has 4 N–H and O–H groups in total. The first kappa shape index (κ1) is 21.0. The Bertz CT molecular complexity index is 1350. The molecule has 0 bridgehead atoms. The van der Waals surface area contributed by atoms with Gasteiger partial charge in [-0.25, -0.2) is 14.4 Å². The first-order valence-corrected chi connectivity index (χ1v) is 10.6. The maximum atomic E-state index is 15.8. The van der Waals surface area contributed by atoms with E-state index in [0.717, 1.165) is 5.69 Å². The summed E-state index contributed by atoms with van der Waals surface area (Å²) in [7, 11) is 3.42. The van der Waals surface area contributed by atoms with Gasteiger partial charge in [-0.15, -0.1) is 0 Å². The lowest BCUT2D eigenvalue weighted by molar-refractivity contribution is 0.0964. The first-order valence-electron chi connectivity index (χ1n) is 10.6. The number of ether oxygens (including phenoxy) is 1. The summed E-state index contributed by atoms with van der Waals surface area (Å²) >= 11 is 0. The van der Waals surface area contributed by atoms with Crippen molar-refractivity contribution in [1.29, 1.82) is 0 Å². The Kier molecular flexibility index (Phi) is 5.21. The number of nitrogens with zero attached hydrogens (tertiary/aromatic N) is 4. The Morgan fingerprint density at radius 2 is 2.03 bits per heavy atom. The second-order valence-corrected chi connectivity index (χ2v) is 7.92. The number of nitrogen functional groups attached to an aromatic ring is 1. The molecule has 3 aromatic heterocycles. The van der Waals surface area contributed by atoms with Crippen LogP contribution >= 0.6 is 0 Å². The average Bonchev–Trinajstić information content (AvgIpc) is 3.46. The Labute approximate surface area is 189 Å². The molecular weight excluding hydrogens is 425 g/mol. The van der Waals surface area contributed by atoms with Gasteiger partial charge in [-0.3, -0.25) is 4.79 Å². The zero-order chi connectivity index (χ0) is 23.1. The minimum atomic E-state index is -0.406. The third kappa shape index (κ3) is 3.58. The van der Waals surface area contributed by atoms with Crippen molar-refractivity contribution < 1.29 is 13.9 Å². The fourth-order valence-electron chi connectivity index (χ4n) is 4.27. The number of nitrogens with one attached hydrogen (secondary N) is 2. The number of hydrogen-bond donors (Lipinski definition) is 3. The van der Waals surface area contributed by atoms with Crippen molar-refractivity contribution in [3.8, 4) is 22.6 Å². The lowest BCUT2D eigenvalue weighted by Gasteiger charge is -2.31. The normalized spacial score (nSPS) is 14.1. The monoisotopic (exact) mass is 449 g/mol. The van der Waals surface area contributed by atoms with Crippen molar-refractivity contribution in [2.75, 3.05) is 44.0 Å². The fraction of sp³-hybridized carbons (Fsp3) is 0.261. The van der Waals surface area contributed by atoms with Crippen molar-refractivity contribution in [3.63, 3.8) is 0 Å². The summed E-state index contributed by atoms with van der Waals surface area (Å²) in [6.45, 7) is 2.36. The number of H-pyrrole nitrogens is 1. The number of benzene rings is 1. The summed E-state index contributed by atoms with van der Waals surface area (Å²) in [5.74, 6) is 0.206. The number of carbonyl (C=O) groups excluding carboxylic acids is 1. The summed E-state index contributed by atoms with van der Waals surface area (Å²) in [5.41, 5.74) is 9.24. The number of aromatic nitrogens is 4. The van der Waals surface area contributed by atoms with Gasteiger partial charge in [-0.2, -0.15) is 0 Å². The highest BCUT2D eigenvalue weighted by Crippen LogP contribution is 2.39. The van der Waals surface area contributed by atoms with Gasteiger partial charge in [-0.05, 0) is 18.2 Å². The van der Waals surface area contributed by atoms with Gasteiger partial charge in [0.1, 0.15) is 17.5 Å². The van der Waals surface area contributed by atoms with E-state index < -0.39 is 5.82 Å². The fourth-order valence-corrected chi connectivity index (χ4v) is 4.27. The minimum absolute atomic E-state index is 0.238. The van der Waals surface area contributed by atoms with Gasteiger partial charge in [0.05, 0.1) is 35.6 Å². The Balaban J connectivity index is 1.73. The molecule has 10 heteroatoms. The molecule has 0 unspecified atom stereocenters. The largest absolute Gasteiger partial charge is 0.382 e. The van der Waals surface area contributed by atoms with E-state index in [9.17, 15) is 4.79 Å². The maximum absolute atomic E-state index is 15.8. The van der Waals surface area contributed by atoms with Crippen LogP contribution < -0.4 is 16.0 Å². The van der Waals surface area contributed by atoms with Gasteiger partial charge in [-0.1, -0.05) is 0 Å². The van der Waals surface area contributed by atoms with Crippen molar-refractivity contribution in [3.05, 3.63) is 48.2 Å². The second kappa shape index (κ2) is 8.21. The van der Waals surface area contributed by atoms with E-state index in [1.807, 2.05) is 23.9 Å². The Morgan fingerprint density at radius 3 is 2.73 bits per heavy atom. The average molecular weight is 449 g/mol. The van der Waals surface area contributed by atoms with Crippen molar-refractivity contribution in [1.82, 2.24) is 24.8 Å². The van der Waals surface area contributed by atoms with Crippen LogP contribution in [0.1, 0.15) is 10.4 Å². The highest BCUT2D eigenvalue weighted by Gasteiger charge is 2.24. The topological polar surface area (TPSA) is 114 Å². The summed E-state index contributed by atoms with van der Waals surface area (Å²) in [6, 6.07) is 5.17. The second-order valence-electron chi connectivity index (χ2n) is 7.92. The molecule has 5 rings (SSSR count). The van der Waals surface area contributed by atoms with Crippen molar-refractivity contribution in [2.45, 2.75) is 0 Å². The van der Waals surface area contributed by atoms with E-state index in [0.29, 0.717) is 65.4 Å². The molecule has 0 radical (unpaired) electrons. The quantitative estimate of drug-likeness (QED) is 0.441. The minimum Gasteiger partial charge on any atom is -0.382 e. The number of morpholine rings is 1. The van der Waals surface area contributed by atoms with E-state index in [-0.39, 0.29) is 11.7 Å². The molecule has 0 atom stereocenters. The highest BCUT2D eigenvalue weighted by molar-refractivity contribution is 6.09. The van der Waals surface area contributed by atoms with Crippen molar-refractivity contribution >= 4 is 28.3 Å². The molecule has 0 saturated carbocycles. The number of nitrogens with two attached hydrogens (primary N) is 1. The molecule has 33 heavy (non-hydrogen) atoms. The molecule has 9 nitrogen and oxygen atoms in total. The molecule has 0 spiro atoms. The molecule has 4 heterocycles. The van der Waals surface area contributed by atoms with E-state index in [2.05, 4.69) is 25.2 Å². The molecule has 0 aliphatic carbocycles. The molecule has 4 aromatic rings. The smallest absolute Gasteiger partial charge is 0.253 e. The SMILES string of the molecule is CNC(=O)c1cnc(N)c2[nH]c(-c3c(F)cc(-c4nccn4C)cc3N3CCOCC3)cc12. The van der Waals surface area contributed by atoms with Crippen LogP contribution in [0.15, 0.2) is 36.8 Å². The predicted octanol–water partition coefficient (Wildman–Crippen LogP) is 2.55. The van der Waals surface area contributed by atoms with E-state index in [4.69, 9.17) is 10.5 Å². The molecule has 1 aliphatic heterocycles. The van der Waals surface area contributed by atoms with Crippen LogP contribution in [-0.4, -0.2) is 58.8 Å². The van der Waals surface area contributed by atoms with E-state index in [1.165, 1.54) is 12.3 Å². The zero-order valence-electron chi connectivity index (χ0n) is 18.4. The lowest BCUT2D eigenvalue weighted by atomic mass is 10.0. The number of halogens is 1. The van der Waals surface area contributed by atoms with Gasteiger partial charge in [0.25, 0.3) is 5.91 Å². The molecule has 1 aliphatic rings. The van der Waals surface area contributed by atoms with Gasteiger partial charge < -0.3 is 30.2 Å². The molecule has 170 valence electrons. The van der Waals surface area contributed by atoms with Gasteiger partial charge in [0, 0.05) is 62.4 Å². The van der Waals surface area contributed by atoms with Gasteiger partial charge in [0.2, 0.25) is 0 Å². The van der Waals surface area contributed by atoms with Crippen LogP contribution in [0.3, 0.4) is 0 Å². The number of rotatable bonds is 4. The zero-order valence-corrected chi connectivity index (χ0v) is 18.4. The number of anilines is 2. The van der Waals surface area contributed by atoms with Crippen molar-refractivity contribution in [2.24, 2.45) is 7.05 Å². The molecule has 1 amide bonds. The van der Waals surface area contributed by atoms with Crippen LogP contribution in [0.5, 0.6) is 0 Å². The number of amides is 1. The number of fused-ring (bicyclic) bond motifs is 1. The summed E-state index contributed by atoms with van der Waals surface area (Å²) in [4.78, 5) is 26.2. The molecule has 1 saturated heterocycles. The Hall–Kier alpha value is -3.92. The molecular formula is C23H24FN7O2. The Morgan fingerprint density at radius 1 is 1.24 bits per heavy atom. The van der Waals surface area contributed by atoms with Crippen LogP contribution in [0.25, 0.3) is 33.5 Å². The number of aromatic amines is 1. The first-order chi connectivity index (χ1) is 16.0. The standard InChI is InChI=1S/C23H24FN7O2/c1-26-23(32)15-12-28-21(25)20-14(15)11-17(29-20)19-16(24)9-13(22-27-3-4-30(22)2)10-18(19)31-5-7-33-8-6-31/h3-4,9-12,29H,5-8H2,1-2H3,(H2,25,28)(H,26,32). The van der Waals surface area contributed by atoms with Crippen LogP contribution in [0, 0.1) is 5.82 Å². The van der Waals surface area contributed by atoms with Gasteiger partial charge in [0.15, 0.2) is 0 Å². The lowest BCUT2D eigenvalue weighted by Crippen LogP contribution is -2.36. The van der Waals surface area contributed by atoms with E-state index >= 15 is 4.39 Å². The predicted molar refractivity (Wildman–Crippen MR) is 125 cm³/mol. The number of carbonyl (C=O) groups is 1. The van der Waals surface area contributed by atoms with Gasteiger partial charge >= 0.3 is 0 Å². The summed E-state index contributed by atoms with van der Waals surface area (Å²) in [6.07, 6.45) is 4.93. The number of aryl methyl sites for hydroxylation is 1. The number of hydrogen-bond acceptors (Lipinski definition) is 6. The van der Waals surface area contributed by atoms with Crippen LogP contribution in [0.4, 0.5) is 15.9 Å². The maximum Gasteiger partial charge on any atom is 0.253 e. The van der Waals surface area contributed by atoms with E-state index in [1.54, 1.807) is 19.3 Å². The number of imidazole rings is 1. The number of pyridine rings is 1. The van der Waals surface area contributed by atoms with Crippen LogP contribution in [0.2, 0.25) is 0 Å². The third-order valence-corrected chi connectivity index (χ3v) is 5.94. The summed E-state index contributed by atoms with van der Waals surface area (Å²) < 4.78 is 23.1. The summed E-state index contributed by atoms with van der Waals surface area (Å²) in [5, 5.41) is 3.19. The third-order valence-electron chi connectivity index (χ3n) is 5.94. The molecule has 1 fully saturated rings. The van der Waals surface area contributed by atoms with Crippen LogP contribution in [-0.2, 0) is 11.8 Å². The molecule has 1 aromatic carbocycles.